The molecule has 5 aromatic rings. The normalized spacial score (nSPS) is 10.8. The molecule has 5 nitrogen and oxygen atoms in total. The van der Waals surface area contributed by atoms with E-state index >= 15 is 0 Å². The van der Waals surface area contributed by atoms with Crippen molar-refractivity contribution < 1.29 is 14.2 Å². The van der Waals surface area contributed by atoms with Gasteiger partial charge >= 0.3 is 0 Å². The summed E-state index contributed by atoms with van der Waals surface area (Å²) in [6, 6.07) is 33.2. The van der Waals surface area contributed by atoms with E-state index in [9.17, 15) is 4.79 Å². The van der Waals surface area contributed by atoms with Crippen LogP contribution in [0.1, 0.15) is 11.1 Å². The molecule has 0 saturated heterocycles. The number of ether oxygens (including phenoxy) is 3. The van der Waals surface area contributed by atoms with E-state index in [-0.39, 0.29) is 5.56 Å². The SMILES string of the molecule is COc1ccc(-c2cc(=O)n(Cc3ccc(OCc4ccccc4)cc3)c3cc(OC)ccc23)cc1. The highest BCUT2D eigenvalue weighted by Crippen LogP contribution is 2.31. The van der Waals surface area contributed by atoms with Gasteiger partial charge in [0.15, 0.2) is 0 Å². The maximum absolute atomic E-state index is 13.4. The largest absolute Gasteiger partial charge is 0.497 e. The topological polar surface area (TPSA) is 49.7 Å². The third-order valence-corrected chi connectivity index (χ3v) is 6.23. The Labute approximate surface area is 210 Å². The molecule has 36 heavy (non-hydrogen) atoms. The molecule has 0 fully saturated rings. The van der Waals surface area contributed by atoms with Crippen molar-refractivity contribution in [3.8, 4) is 28.4 Å². The van der Waals surface area contributed by atoms with Crippen LogP contribution in [-0.4, -0.2) is 18.8 Å². The number of pyridine rings is 1. The number of nitrogens with zero attached hydrogens (tertiary/aromatic N) is 1. The number of hydrogen-bond acceptors (Lipinski definition) is 4. The maximum atomic E-state index is 13.4. The van der Waals surface area contributed by atoms with Gasteiger partial charge in [-0.1, -0.05) is 54.6 Å². The molecule has 4 aromatic carbocycles. The van der Waals surface area contributed by atoms with E-state index in [0.717, 1.165) is 44.7 Å². The molecule has 0 radical (unpaired) electrons. The first-order chi connectivity index (χ1) is 17.6. The monoisotopic (exact) mass is 477 g/mol. The molecule has 5 heteroatoms. The van der Waals surface area contributed by atoms with Crippen LogP contribution in [0.4, 0.5) is 0 Å². The zero-order chi connectivity index (χ0) is 24.9. The van der Waals surface area contributed by atoms with Crippen LogP contribution in [0.5, 0.6) is 17.2 Å². The zero-order valence-corrected chi connectivity index (χ0v) is 20.3. The summed E-state index contributed by atoms with van der Waals surface area (Å²) in [6.07, 6.45) is 0. The Balaban J connectivity index is 1.46. The van der Waals surface area contributed by atoms with Gasteiger partial charge in [-0.2, -0.15) is 0 Å². The average Bonchev–Trinajstić information content (AvgIpc) is 2.94. The molecule has 0 unspecified atom stereocenters. The van der Waals surface area contributed by atoms with Crippen molar-refractivity contribution in [3.05, 3.63) is 125 Å². The Hall–Kier alpha value is -4.51. The molecular formula is C31H27NO4. The van der Waals surface area contributed by atoms with Crippen LogP contribution in [0.25, 0.3) is 22.0 Å². The van der Waals surface area contributed by atoms with Gasteiger partial charge in [0.25, 0.3) is 5.56 Å². The predicted octanol–water partition coefficient (Wildman–Crippen LogP) is 6.31. The smallest absolute Gasteiger partial charge is 0.251 e. The number of methoxy groups -OCH3 is 2. The molecule has 0 amide bonds. The predicted molar refractivity (Wildman–Crippen MR) is 143 cm³/mol. The Morgan fingerprint density at radius 2 is 1.33 bits per heavy atom. The fourth-order valence-electron chi connectivity index (χ4n) is 4.27. The summed E-state index contributed by atoms with van der Waals surface area (Å²) in [5.41, 5.74) is 4.69. The molecule has 0 aliphatic carbocycles. The van der Waals surface area contributed by atoms with Crippen molar-refractivity contribution in [2.24, 2.45) is 0 Å². The molecule has 180 valence electrons. The summed E-state index contributed by atoms with van der Waals surface area (Å²) < 4.78 is 18.5. The molecule has 0 bridgehead atoms. The number of rotatable bonds is 8. The minimum atomic E-state index is -0.0778. The average molecular weight is 478 g/mol. The fourth-order valence-corrected chi connectivity index (χ4v) is 4.27. The fraction of sp³-hybridized carbons (Fsp3) is 0.129. The quantitative estimate of drug-likeness (QED) is 0.263. The highest BCUT2D eigenvalue weighted by Gasteiger charge is 2.13. The Kier molecular flexibility index (Phi) is 6.72. The molecule has 1 heterocycles. The summed E-state index contributed by atoms with van der Waals surface area (Å²) in [5.74, 6) is 2.26. The first-order valence-corrected chi connectivity index (χ1v) is 11.8. The van der Waals surface area contributed by atoms with Crippen molar-refractivity contribution in [2.45, 2.75) is 13.2 Å². The van der Waals surface area contributed by atoms with E-state index < -0.39 is 0 Å². The van der Waals surface area contributed by atoms with Crippen molar-refractivity contribution in [2.75, 3.05) is 14.2 Å². The summed E-state index contributed by atoms with van der Waals surface area (Å²) in [5, 5.41) is 0.975. The lowest BCUT2D eigenvalue weighted by Gasteiger charge is -2.15. The van der Waals surface area contributed by atoms with Gasteiger partial charge in [-0.15, -0.1) is 0 Å². The highest BCUT2D eigenvalue weighted by atomic mass is 16.5. The molecule has 0 aliphatic heterocycles. The third kappa shape index (κ3) is 4.96. The van der Waals surface area contributed by atoms with Gasteiger partial charge in [0.2, 0.25) is 0 Å². The minimum absolute atomic E-state index is 0.0778. The Morgan fingerprint density at radius 1 is 0.667 bits per heavy atom. The lowest BCUT2D eigenvalue weighted by atomic mass is 10.0. The van der Waals surface area contributed by atoms with Crippen molar-refractivity contribution in [3.63, 3.8) is 0 Å². The van der Waals surface area contributed by atoms with Gasteiger partial charge in [0.1, 0.15) is 23.9 Å². The highest BCUT2D eigenvalue weighted by molar-refractivity contribution is 5.95. The summed E-state index contributed by atoms with van der Waals surface area (Å²) in [4.78, 5) is 13.4. The van der Waals surface area contributed by atoms with Crippen molar-refractivity contribution in [1.82, 2.24) is 4.57 Å². The summed E-state index contributed by atoms with van der Waals surface area (Å²) >= 11 is 0. The van der Waals surface area contributed by atoms with Crippen LogP contribution >= 0.6 is 0 Å². The molecular weight excluding hydrogens is 450 g/mol. The number of hydrogen-bond donors (Lipinski definition) is 0. The van der Waals surface area contributed by atoms with Crippen LogP contribution in [-0.2, 0) is 13.2 Å². The molecule has 0 N–H and O–H groups in total. The van der Waals surface area contributed by atoms with Crippen LogP contribution in [0.15, 0.2) is 108 Å². The van der Waals surface area contributed by atoms with E-state index in [1.807, 2.05) is 97.1 Å². The van der Waals surface area contributed by atoms with E-state index in [1.54, 1.807) is 24.9 Å². The second kappa shape index (κ2) is 10.4. The van der Waals surface area contributed by atoms with Gasteiger partial charge in [0.05, 0.1) is 26.3 Å². The van der Waals surface area contributed by atoms with E-state index in [1.165, 1.54) is 0 Å². The van der Waals surface area contributed by atoms with Crippen LogP contribution in [0.2, 0.25) is 0 Å². The Morgan fingerprint density at radius 3 is 2.03 bits per heavy atom. The zero-order valence-electron chi connectivity index (χ0n) is 20.3. The lowest BCUT2D eigenvalue weighted by molar-refractivity contribution is 0.306. The molecule has 0 saturated carbocycles. The first-order valence-electron chi connectivity index (χ1n) is 11.8. The van der Waals surface area contributed by atoms with Gasteiger partial charge in [-0.05, 0) is 58.7 Å². The number of fused-ring (bicyclic) bond motifs is 1. The molecule has 1 aromatic heterocycles. The van der Waals surface area contributed by atoms with Gasteiger partial charge in [0, 0.05) is 17.5 Å². The molecule has 0 spiro atoms. The van der Waals surface area contributed by atoms with E-state index in [4.69, 9.17) is 14.2 Å². The van der Waals surface area contributed by atoms with Gasteiger partial charge in [-0.25, -0.2) is 0 Å². The number of aromatic nitrogens is 1. The van der Waals surface area contributed by atoms with E-state index in [0.29, 0.717) is 18.9 Å². The van der Waals surface area contributed by atoms with Gasteiger partial charge < -0.3 is 18.8 Å². The van der Waals surface area contributed by atoms with Crippen molar-refractivity contribution in [1.29, 1.82) is 0 Å². The molecule has 5 rings (SSSR count). The molecule has 0 aliphatic rings. The minimum Gasteiger partial charge on any atom is -0.497 e. The van der Waals surface area contributed by atoms with Gasteiger partial charge in [-0.3, -0.25) is 4.79 Å². The second-order valence-electron chi connectivity index (χ2n) is 8.51. The lowest BCUT2D eigenvalue weighted by Crippen LogP contribution is -2.21. The second-order valence-corrected chi connectivity index (χ2v) is 8.51. The summed E-state index contributed by atoms with van der Waals surface area (Å²) in [7, 11) is 3.27. The Bertz CT molecular complexity index is 1520. The summed E-state index contributed by atoms with van der Waals surface area (Å²) in [6.45, 7) is 0.946. The number of benzene rings is 4. The third-order valence-electron chi connectivity index (χ3n) is 6.23. The van der Waals surface area contributed by atoms with E-state index in [2.05, 4.69) is 0 Å². The standard InChI is InChI=1S/C31H27NO4/c1-34-25-14-10-24(11-15-25)29-19-31(33)32(30-18-27(35-2)16-17-28(29)30)20-22-8-12-26(13-9-22)36-21-23-6-4-3-5-7-23/h3-19H,20-21H2,1-2H3. The van der Waals surface area contributed by atoms with Crippen LogP contribution in [0, 0.1) is 0 Å². The maximum Gasteiger partial charge on any atom is 0.251 e. The van der Waals surface area contributed by atoms with Crippen LogP contribution < -0.4 is 19.8 Å². The van der Waals surface area contributed by atoms with Crippen molar-refractivity contribution >= 4 is 10.9 Å². The molecule has 0 atom stereocenters. The first kappa shape index (κ1) is 23.2. The van der Waals surface area contributed by atoms with Crippen LogP contribution in [0.3, 0.4) is 0 Å².